The Morgan fingerprint density at radius 3 is 2.43 bits per heavy atom. The number of aliphatic hydroxyl groups excluding tert-OH is 1. The van der Waals surface area contributed by atoms with Crippen molar-refractivity contribution in [1.29, 1.82) is 0 Å². The van der Waals surface area contributed by atoms with Gasteiger partial charge < -0.3 is 39.4 Å². The first kappa shape index (κ1) is 40.8. The lowest BCUT2D eigenvalue weighted by molar-refractivity contribution is -0.149. The Bertz CT molecular complexity index is 2050. The fourth-order valence-corrected chi connectivity index (χ4v) is 7.56. The fraction of sp³-hybridized carbons (Fsp3) is 0.528. The lowest BCUT2D eigenvalue weighted by Gasteiger charge is -2.29. The van der Waals surface area contributed by atoms with Crippen molar-refractivity contribution in [1.82, 2.24) is 24.6 Å². The number of anilines is 1. The minimum atomic E-state index is -4.50. The van der Waals surface area contributed by atoms with Crippen LogP contribution in [0, 0.1) is 11.3 Å². The lowest BCUT2D eigenvalue weighted by Crippen LogP contribution is -2.45. The second kappa shape index (κ2) is 15.8. The number of rotatable bonds is 14. The van der Waals surface area contributed by atoms with Crippen LogP contribution in [0.2, 0.25) is 0 Å². The molecule has 0 aliphatic carbocycles. The maximum Gasteiger partial charge on any atom is 0.459 e. The van der Waals surface area contributed by atoms with Crippen molar-refractivity contribution in [3.8, 4) is 11.6 Å². The number of carbonyl (C=O) groups excluding carboxylic acids is 2. The molecule has 7 atom stereocenters. The Hall–Kier alpha value is -4.38. The van der Waals surface area contributed by atoms with Crippen molar-refractivity contribution in [2.75, 3.05) is 33.2 Å². The van der Waals surface area contributed by atoms with Gasteiger partial charge in [-0.1, -0.05) is 58.9 Å². The molecule has 18 heteroatoms. The van der Waals surface area contributed by atoms with E-state index >= 15 is 0 Å². The summed E-state index contributed by atoms with van der Waals surface area (Å²) in [5.74, 6) is -1.84. The number of imidazole rings is 1. The number of carbonyl (C=O) groups is 2. The summed E-state index contributed by atoms with van der Waals surface area (Å²) in [5, 5.41) is 27.1. The normalized spacial score (nSPS) is 22.6. The van der Waals surface area contributed by atoms with Gasteiger partial charge in [0.1, 0.15) is 29.6 Å². The van der Waals surface area contributed by atoms with E-state index in [1.165, 1.54) is 32.0 Å². The Balaban J connectivity index is 1.44. The number of methoxy groups -OCH3 is 2. The third kappa shape index (κ3) is 8.77. The summed E-state index contributed by atoms with van der Waals surface area (Å²) in [6.45, 7) is 11.9. The summed E-state index contributed by atoms with van der Waals surface area (Å²) >= 11 is 0. The van der Waals surface area contributed by atoms with Crippen LogP contribution in [0.3, 0.4) is 0 Å². The summed E-state index contributed by atoms with van der Waals surface area (Å²) in [6.07, 6.45) is -2.77. The van der Waals surface area contributed by atoms with Gasteiger partial charge in [0.25, 0.3) is 0 Å². The molecule has 0 saturated carbocycles. The van der Waals surface area contributed by atoms with Gasteiger partial charge in [0.2, 0.25) is 11.8 Å². The zero-order valence-electron chi connectivity index (χ0n) is 31.8. The third-order valence-electron chi connectivity index (χ3n) is 9.00. The van der Waals surface area contributed by atoms with Crippen LogP contribution in [-0.4, -0.2) is 93.0 Å². The number of hydrogen-bond acceptors (Lipinski definition) is 15. The van der Waals surface area contributed by atoms with Gasteiger partial charge in [0.15, 0.2) is 17.4 Å². The van der Waals surface area contributed by atoms with E-state index in [0.717, 1.165) is 10.9 Å². The molecule has 2 aromatic heterocycles. The molecule has 1 saturated heterocycles. The number of aliphatic hydroxyl groups is 2. The van der Waals surface area contributed by atoms with Crippen LogP contribution >= 0.6 is 7.75 Å². The van der Waals surface area contributed by atoms with Gasteiger partial charge in [-0.15, -0.1) is 0 Å². The number of benzene rings is 2. The molecule has 4 aromatic rings. The van der Waals surface area contributed by atoms with Gasteiger partial charge in [-0.25, -0.2) is 9.55 Å². The van der Waals surface area contributed by atoms with Crippen LogP contribution < -0.4 is 20.1 Å². The molecule has 1 fully saturated rings. The highest BCUT2D eigenvalue weighted by molar-refractivity contribution is 7.52. The minimum Gasteiger partial charge on any atom is -0.479 e. The molecule has 17 nitrogen and oxygen atoms in total. The van der Waals surface area contributed by atoms with Gasteiger partial charge >= 0.3 is 19.7 Å². The summed E-state index contributed by atoms with van der Waals surface area (Å²) in [5.41, 5.74) is 4.77. The number of nitrogens with one attached hydrogen (secondary N) is 1. The highest BCUT2D eigenvalue weighted by atomic mass is 31.2. The van der Waals surface area contributed by atoms with Gasteiger partial charge in [-0.3, -0.25) is 18.7 Å². The van der Waals surface area contributed by atoms with Crippen molar-refractivity contribution >= 4 is 47.6 Å². The van der Waals surface area contributed by atoms with E-state index in [2.05, 4.69) is 20.0 Å². The first-order chi connectivity index (χ1) is 25.3. The Labute approximate surface area is 313 Å². The SMILES string of the molecule is COC(=O)[C@@H](C)c1ccc2cc(OP(=O)(N[C@H](C(=O)OCC(C)(C)C)C(C)C)OC[C@H]3OC(n4cnc5c(OC)nc(N)nc54)[C@](C)(O)[C@@H]3O)ccc2c1. The molecule has 54 heavy (non-hydrogen) atoms. The van der Waals surface area contributed by atoms with Crippen LogP contribution in [0.4, 0.5) is 5.95 Å². The molecule has 1 aliphatic heterocycles. The highest BCUT2D eigenvalue weighted by Gasteiger charge is 2.54. The lowest BCUT2D eigenvalue weighted by atomic mass is 9.96. The van der Waals surface area contributed by atoms with E-state index in [9.17, 15) is 24.4 Å². The van der Waals surface area contributed by atoms with E-state index in [4.69, 9.17) is 33.7 Å². The Kier molecular flexibility index (Phi) is 11.9. The minimum absolute atomic E-state index is 0.101. The number of nitrogens with two attached hydrogens (primary N) is 1. The number of esters is 2. The maximum atomic E-state index is 14.7. The molecule has 3 heterocycles. The number of fused-ring (bicyclic) bond motifs is 2. The number of ether oxygens (including phenoxy) is 4. The van der Waals surface area contributed by atoms with E-state index in [1.54, 1.807) is 51.1 Å². The highest BCUT2D eigenvalue weighted by Crippen LogP contribution is 2.48. The second-order valence-electron chi connectivity index (χ2n) is 15.0. The van der Waals surface area contributed by atoms with Crippen LogP contribution in [0.5, 0.6) is 11.6 Å². The molecular formula is C36H49N6O11P. The largest absolute Gasteiger partial charge is 0.479 e. The summed E-state index contributed by atoms with van der Waals surface area (Å²) < 4.78 is 49.9. The molecule has 0 radical (unpaired) electrons. The number of nitrogen functional groups attached to an aromatic ring is 1. The van der Waals surface area contributed by atoms with Gasteiger partial charge in [0, 0.05) is 0 Å². The predicted octanol–water partition coefficient (Wildman–Crippen LogP) is 4.26. The summed E-state index contributed by atoms with van der Waals surface area (Å²) in [7, 11) is -1.78. The smallest absolute Gasteiger partial charge is 0.459 e. The quantitative estimate of drug-likeness (QED) is 0.104. The topological polar surface area (TPSA) is 229 Å². The van der Waals surface area contributed by atoms with E-state index in [1.807, 2.05) is 26.8 Å². The van der Waals surface area contributed by atoms with Crippen molar-refractivity contribution in [3.63, 3.8) is 0 Å². The third-order valence-corrected chi connectivity index (χ3v) is 10.5. The molecule has 5 N–H and O–H groups in total. The molecule has 2 unspecified atom stereocenters. The standard InChI is InChI=1S/C36H49N6O11P/c1-19(2)26(32(45)50-17-35(4,5)6)41-54(47,53-24-13-12-22-14-21(10-11-23(22)15-24)20(3)31(44)49-9)51-16-25-28(43)36(7,46)33(52-25)42-18-38-27-29(42)39-34(37)40-30(27)48-8/h10-15,18-20,25-26,28,33,43,46H,16-17H2,1-9H3,(H,41,47)(H2,37,39,40)/t20-,25+,26-,28+,33?,36+,54?/m0/s1. The monoisotopic (exact) mass is 772 g/mol. The number of nitrogens with zero attached hydrogens (tertiary/aromatic N) is 4. The van der Waals surface area contributed by atoms with Crippen LogP contribution in [0.25, 0.3) is 21.9 Å². The Morgan fingerprint density at radius 2 is 1.78 bits per heavy atom. The molecule has 0 spiro atoms. The molecular weight excluding hydrogens is 723 g/mol. The second-order valence-corrected chi connectivity index (χ2v) is 16.7. The average molecular weight is 773 g/mol. The zero-order chi connectivity index (χ0) is 39.7. The van der Waals surface area contributed by atoms with E-state index < -0.39 is 62.2 Å². The van der Waals surface area contributed by atoms with E-state index in [0.29, 0.717) is 5.39 Å². The first-order valence-electron chi connectivity index (χ1n) is 17.4. The predicted molar refractivity (Wildman–Crippen MR) is 198 cm³/mol. The number of hydrogen-bond donors (Lipinski definition) is 4. The van der Waals surface area contributed by atoms with Gasteiger partial charge in [-0.2, -0.15) is 15.1 Å². The maximum absolute atomic E-state index is 14.7. The number of aromatic nitrogens is 4. The zero-order valence-corrected chi connectivity index (χ0v) is 32.7. The molecule has 5 rings (SSSR count). The van der Waals surface area contributed by atoms with Crippen molar-refractivity contribution in [2.45, 2.75) is 84.5 Å². The van der Waals surface area contributed by atoms with E-state index in [-0.39, 0.29) is 46.7 Å². The molecule has 2 aromatic carbocycles. The molecule has 1 aliphatic rings. The first-order valence-corrected chi connectivity index (χ1v) is 18.9. The molecule has 0 amide bonds. The van der Waals surface area contributed by atoms with Crippen molar-refractivity contribution in [2.24, 2.45) is 11.3 Å². The average Bonchev–Trinajstić information content (AvgIpc) is 3.63. The van der Waals surface area contributed by atoms with Crippen molar-refractivity contribution < 1.29 is 52.4 Å². The van der Waals surface area contributed by atoms with Crippen molar-refractivity contribution in [3.05, 3.63) is 48.3 Å². The molecule has 294 valence electrons. The molecule has 0 bridgehead atoms. The van der Waals surface area contributed by atoms with Gasteiger partial charge in [0.05, 0.1) is 39.7 Å². The fourth-order valence-electron chi connectivity index (χ4n) is 5.90. The summed E-state index contributed by atoms with van der Waals surface area (Å²) in [6, 6.07) is 9.21. The van der Waals surface area contributed by atoms with Crippen LogP contribution in [0.15, 0.2) is 42.7 Å². The van der Waals surface area contributed by atoms with Gasteiger partial charge in [-0.05, 0) is 53.6 Å². The Morgan fingerprint density at radius 1 is 1.09 bits per heavy atom. The van der Waals surface area contributed by atoms with Crippen LogP contribution in [0.1, 0.15) is 66.2 Å². The summed E-state index contributed by atoms with van der Waals surface area (Å²) in [4.78, 5) is 38.0. The van der Waals surface area contributed by atoms with Crippen LogP contribution in [-0.2, 0) is 32.9 Å².